The van der Waals surface area contributed by atoms with Crippen LogP contribution < -0.4 is 11.3 Å². The third-order valence-electron chi connectivity index (χ3n) is 3.14. The lowest BCUT2D eigenvalue weighted by Gasteiger charge is -2.12. The van der Waals surface area contributed by atoms with Crippen molar-refractivity contribution < 1.29 is 0 Å². The van der Waals surface area contributed by atoms with E-state index in [-0.39, 0.29) is 5.56 Å². The summed E-state index contributed by atoms with van der Waals surface area (Å²) in [5.41, 5.74) is 7.97. The van der Waals surface area contributed by atoms with Crippen LogP contribution in [0.5, 0.6) is 0 Å². The molecule has 2 rings (SSSR count). The molecule has 1 heterocycles. The van der Waals surface area contributed by atoms with Gasteiger partial charge in [0.25, 0.3) is 5.56 Å². The lowest BCUT2D eigenvalue weighted by atomic mass is 10.2. The quantitative estimate of drug-likeness (QED) is 0.940. The molecule has 0 spiro atoms. The first-order valence-corrected chi connectivity index (χ1v) is 7.25. The van der Waals surface area contributed by atoms with Crippen LogP contribution in [0.4, 0.5) is 5.69 Å². The van der Waals surface area contributed by atoms with Gasteiger partial charge in [0.15, 0.2) is 0 Å². The maximum absolute atomic E-state index is 12.3. The van der Waals surface area contributed by atoms with Crippen LogP contribution >= 0.6 is 15.9 Å². The Morgan fingerprint density at radius 3 is 2.37 bits per heavy atom. The Balaban J connectivity index is 2.66. The molecule has 1 aromatic heterocycles. The first kappa shape index (κ1) is 13.9. The molecule has 0 aliphatic rings. The molecule has 0 fully saturated rings. The summed E-state index contributed by atoms with van der Waals surface area (Å²) < 4.78 is 4.61. The molecular weight excluding hydrogens is 306 g/mol. The largest absolute Gasteiger partial charge is 0.393 e. The molecule has 0 amide bonds. The van der Waals surface area contributed by atoms with Gasteiger partial charge in [0, 0.05) is 11.0 Å². The van der Waals surface area contributed by atoms with Gasteiger partial charge < -0.3 is 5.73 Å². The fraction of sp³-hybridized carbons (Fsp3) is 0.357. The molecule has 19 heavy (non-hydrogen) atoms. The van der Waals surface area contributed by atoms with E-state index in [9.17, 15) is 4.79 Å². The van der Waals surface area contributed by atoms with E-state index in [1.54, 1.807) is 4.68 Å². The zero-order valence-corrected chi connectivity index (χ0v) is 12.8. The molecule has 4 nitrogen and oxygen atoms in total. The van der Waals surface area contributed by atoms with E-state index >= 15 is 0 Å². The first-order valence-electron chi connectivity index (χ1n) is 6.46. The molecule has 0 aliphatic heterocycles. The van der Waals surface area contributed by atoms with Crippen LogP contribution in [0.2, 0.25) is 0 Å². The van der Waals surface area contributed by atoms with Gasteiger partial charge >= 0.3 is 0 Å². The normalized spacial score (nSPS) is 10.9. The van der Waals surface area contributed by atoms with Crippen molar-refractivity contribution in [2.24, 2.45) is 0 Å². The predicted molar refractivity (Wildman–Crippen MR) is 81.8 cm³/mol. The van der Waals surface area contributed by atoms with Crippen molar-refractivity contribution in [2.75, 3.05) is 5.73 Å². The summed E-state index contributed by atoms with van der Waals surface area (Å²) in [6, 6.07) is 7.66. The van der Waals surface area contributed by atoms with Crippen molar-refractivity contribution in [1.29, 1.82) is 0 Å². The standard InChI is InChI=1S/C14H18BrN3O/c1-3-5-12-13(16)14(19)18(17(12)4-2)11-8-6-10(15)7-9-11/h6-9H,3-5,16H2,1-2H3. The van der Waals surface area contributed by atoms with Gasteiger partial charge in [-0.05, 0) is 37.6 Å². The second-order valence-corrected chi connectivity index (χ2v) is 5.34. The van der Waals surface area contributed by atoms with Crippen LogP contribution in [0.3, 0.4) is 0 Å². The van der Waals surface area contributed by atoms with Gasteiger partial charge in [-0.15, -0.1) is 0 Å². The van der Waals surface area contributed by atoms with Gasteiger partial charge in [-0.3, -0.25) is 9.48 Å². The van der Waals surface area contributed by atoms with Gasteiger partial charge in [0.05, 0.1) is 11.4 Å². The third kappa shape index (κ3) is 2.47. The first-order chi connectivity index (χ1) is 9.10. The van der Waals surface area contributed by atoms with Gasteiger partial charge in [0.1, 0.15) is 5.69 Å². The Hall–Kier alpha value is -1.49. The Labute approximate surface area is 120 Å². The molecule has 2 aromatic rings. The monoisotopic (exact) mass is 323 g/mol. The Bertz CT molecular complexity index is 625. The number of benzene rings is 1. The maximum Gasteiger partial charge on any atom is 0.294 e. The number of nitrogen functional groups attached to an aromatic ring is 1. The van der Waals surface area contributed by atoms with Crippen molar-refractivity contribution in [3.05, 3.63) is 44.8 Å². The Morgan fingerprint density at radius 2 is 1.84 bits per heavy atom. The minimum absolute atomic E-state index is 0.132. The van der Waals surface area contributed by atoms with Crippen LogP contribution in [-0.2, 0) is 13.0 Å². The molecule has 0 saturated heterocycles. The van der Waals surface area contributed by atoms with E-state index < -0.39 is 0 Å². The number of halogens is 1. The zero-order valence-electron chi connectivity index (χ0n) is 11.2. The van der Waals surface area contributed by atoms with E-state index in [2.05, 4.69) is 22.9 Å². The van der Waals surface area contributed by atoms with Crippen LogP contribution in [-0.4, -0.2) is 9.36 Å². The minimum Gasteiger partial charge on any atom is -0.393 e. The van der Waals surface area contributed by atoms with Gasteiger partial charge in [-0.1, -0.05) is 29.3 Å². The van der Waals surface area contributed by atoms with Gasteiger partial charge in [-0.25, -0.2) is 4.68 Å². The Morgan fingerprint density at radius 1 is 1.21 bits per heavy atom. The maximum atomic E-state index is 12.3. The highest BCUT2D eigenvalue weighted by atomic mass is 79.9. The summed E-state index contributed by atoms with van der Waals surface area (Å²) in [5.74, 6) is 0. The van der Waals surface area contributed by atoms with E-state index in [0.29, 0.717) is 5.69 Å². The summed E-state index contributed by atoms with van der Waals surface area (Å²) in [5, 5.41) is 0. The molecule has 5 heteroatoms. The third-order valence-corrected chi connectivity index (χ3v) is 3.67. The topological polar surface area (TPSA) is 53.0 Å². The van der Waals surface area contributed by atoms with Crippen LogP contribution in [0.15, 0.2) is 33.5 Å². The molecule has 0 unspecified atom stereocenters. The van der Waals surface area contributed by atoms with Crippen molar-refractivity contribution in [3.8, 4) is 5.69 Å². The van der Waals surface area contributed by atoms with Crippen molar-refractivity contribution in [3.63, 3.8) is 0 Å². The number of aromatic nitrogens is 2. The predicted octanol–water partition coefficient (Wildman–Crippen LogP) is 2.96. The van der Waals surface area contributed by atoms with E-state index in [1.807, 2.05) is 35.9 Å². The summed E-state index contributed by atoms with van der Waals surface area (Å²) in [6.07, 6.45) is 1.78. The molecule has 0 aliphatic carbocycles. The minimum atomic E-state index is -0.132. The molecule has 0 bridgehead atoms. The van der Waals surface area contributed by atoms with Gasteiger partial charge in [0.2, 0.25) is 0 Å². The Kier molecular flexibility index (Phi) is 4.14. The lowest BCUT2D eigenvalue weighted by Crippen LogP contribution is -2.22. The van der Waals surface area contributed by atoms with Crippen molar-refractivity contribution in [1.82, 2.24) is 9.36 Å². The van der Waals surface area contributed by atoms with Crippen LogP contribution in [0.25, 0.3) is 5.69 Å². The second-order valence-electron chi connectivity index (χ2n) is 4.42. The van der Waals surface area contributed by atoms with Crippen molar-refractivity contribution >= 4 is 21.6 Å². The summed E-state index contributed by atoms with van der Waals surface area (Å²) in [4.78, 5) is 12.3. The summed E-state index contributed by atoms with van der Waals surface area (Å²) in [7, 11) is 0. The fourth-order valence-electron chi connectivity index (χ4n) is 2.28. The molecule has 0 saturated carbocycles. The smallest absolute Gasteiger partial charge is 0.294 e. The average Bonchev–Trinajstić information content (AvgIpc) is 2.65. The van der Waals surface area contributed by atoms with E-state index in [1.165, 1.54) is 0 Å². The molecule has 0 atom stereocenters. The average molecular weight is 324 g/mol. The molecule has 2 N–H and O–H groups in total. The van der Waals surface area contributed by atoms with Crippen LogP contribution in [0, 0.1) is 0 Å². The molecular formula is C14H18BrN3O. The van der Waals surface area contributed by atoms with Gasteiger partial charge in [-0.2, -0.15) is 0 Å². The highest BCUT2D eigenvalue weighted by Gasteiger charge is 2.16. The summed E-state index contributed by atoms with van der Waals surface area (Å²) in [6.45, 7) is 4.83. The molecule has 0 radical (unpaired) electrons. The SMILES string of the molecule is CCCc1c(N)c(=O)n(-c2ccc(Br)cc2)n1CC. The summed E-state index contributed by atoms with van der Waals surface area (Å²) >= 11 is 3.40. The second kappa shape index (κ2) is 5.65. The number of nitrogens with two attached hydrogens (primary N) is 1. The number of hydrogen-bond acceptors (Lipinski definition) is 2. The highest BCUT2D eigenvalue weighted by molar-refractivity contribution is 9.10. The fourth-order valence-corrected chi connectivity index (χ4v) is 2.54. The molecule has 1 aromatic carbocycles. The lowest BCUT2D eigenvalue weighted by molar-refractivity contribution is 0.545. The van der Waals surface area contributed by atoms with Crippen molar-refractivity contribution in [2.45, 2.75) is 33.2 Å². The number of rotatable bonds is 4. The molecule has 102 valence electrons. The number of nitrogens with zero attached hydrogens (tertiary/aromatic N) is 2. The van der Waals surface area contributed by atoms with E-state index in [0.717, 1.165) is 35.2 Å². The van der Waals surface area contributed by atoms with Crippen LogP contribution in [0.1, 0.15) is 26.0 Å². The van der Waals surface area contributed by atoms with E-state index in [4.69, 9.17) is 5.73 Å². The number of hydrogen-bond donors (Lipinski definition) is 1. The number of anilines is 1. The zero-order chi connectivity index (χ0) is 14.0. The highest BCUT2D eigenvalue weighted by Crippen LogP contribution is 2.17.